The number of rotatable bonds is 4. The highest BCUT2D eigenvalue weighted by Crippen LogP contribution is 2.10. The first kappa shape index (κ1) is 11.1. The van der Waals surface area contributed by atoms with Gasteiger partial charge in [0.25, 0.3) is 0 Å². The van der Waals surface area contributed by atoms with Gasteiger partial charge in [-0.05, 0) is 24.0 Å². The Labute approximate surface area is 89.1 Å². The van der Waals surface area contributed by atoms with Crippen molar-refractivity contribution in [1.29, 1.82) is 0 Å². The topological polar surface area (TPSA) is 43.1 Å². The number of carbonyl (C=O) groups excluding carboxylic acids is 1. The highest BCUT2D eigenvalue weighted by Gasteiger charge is 2.11. The minimum atomic E-state index is -0.609. The summed E-state index contributed by atoms with van der Waals surface area (Å²) < 4.78 is 0. The van der Waals surface area contributed by atoms with E-state index < -0.39 is 11.3 Å². The number of nitrogens with two attached hydrogens (primary N) is 1. The summed E-state index contributed by atoms with van der Waals surface area (Å²) in [5.74, 6) is -0.466. The standard InChI is InChI=1S/C11H14ClNO/c1-2-8-3-5-9(6-4-8)7-10(12)11(13)14/h3-6,10H,2,7H2,1H3,(H2,13,14). The Morgan fingerprint density at radius 3 is 2.29 bits per heavy atom. The maximum absolute atomic E-state index is 10.7. The maximum atomic E-state index is 10.7. The lowest BCUT2D eigenvalue weighted by Crippen LogP contribution is -2.25. The van der Waals surface area contributed by atoms with Gasteiger partial charge in [-0.2, -0.15) is 0 Å². The number of aryl methyl sites for hydroxylation is 1. The summed E-state index contributed by atoms with van der Waals surface area (Å²) in [6, 6.07) is 8.05. The minimum Gasteiger partial charge on any atom is -0.368 e. The van der Waals surface area contributed by atoms with Crippen LogP contribution in [0.1, 0.15) is 18.1 Å². The van der Waals surface area contributed by atoms with Gasteiger partial charge in [-0.15, -0.1) is 11.6 Å². The first-order valence-electron chi connectivity index (χ1n) is 4.64. The molecule has 0 aliphatic heterocycles. The zero-order chi connectivity index (χ0) is 10.6. The van der Waals surface area contributed by atoms with Gasteiger partial charge in [0.15, 0.2) is 0 Å². The van der Waals surface area contributed by atoms with Crippen molar-refractivity contribution >= 4 is 17.5 Å². The molecular formula is C11H14ClNO. The van der Waals surface area contributed by atoms with Crippen molar-refractivity contribution in [3.63, 3.8) is 0 Å². The van der Waals surface area contributed by atoms with Crippen LogP contribution in [0.5, 0.6) is 0 Å². The van der Waals surface area contributed by atoms with Crippen LogP contribution in [0.4, 0.5) is 0 Å². The average molecular weight is 212 g/mol. The van der Waals surface area contributed by atoms with Gasteiger partial charge in [0, 0.05) is 0 Å². The quantitative estimate of drug-likeness (QED) is 0.760. The third-order valence-corrected chi connectivity index (χ3v) is 2.52. The SMILES string of the molecule is CCc1ccc(CC(Cl)C(N)=O)cc1. The molecule has 0 aliphatic rings. The first-order chi connectivity index (χ1) is 6.63. The van der Waals surface area contributed by atoms with E-state index in [1.165, 1.54) is 5.56 Å². The predicted molar refractivity (Wildman–Crippen MR) is 58.4 cm³/mol. The van der Waals surface area contributed by atoms with Crippen molar-refractivity contribution in [2.24, 2.45) is 5.73 Å². The van der Waals surface area contributed by atoms with E-state index in [2.05, 4.69) is 6.92 Å². The lowest BCUT2D eigenvalue weighted by Gasteiger charge is -2.05. The second kappa shape index (κ2) is 5.01. The molecule has 14 heavy (non-hydrogen) atoms. The molecule has 76 valence electrons. The smallest absolute Gasteiger partial charge is 0.235 e. The van der Waals surface area contributed by atoms with Crippen LogP contribution in [0.15, 0.2) is 24.3 Å². The van der Waals surface area contributed by atoms with Crippen LogP contribution in [0.25, 0.3) is 0 Å². The van der Waals surface area contributed by atoms with Crippen molar-refractivity contribution in [3.05, 3.63) is 35.4 Å². The van der Waals surface area contributed by atoms with Crippen LogP contribution >= 0.6 is 11.6 Å². The number of primary amides is 1. The highest BCUT2D eigenvalue weighted by atomic mass is 35.5. The fourth-order valence-electron chi connectivity index (χ4n) is 1.22. The van der Waals surface area contributed by atoms with Crippen molar-refractivity contribution < 1.29 is 4.79 Å². The van der Waals surface area contributed by atoms with Gasteiger partial charge in [-0.25, -0.2) is 0 Å². The highest BCUT2D eigenvalue weighted by molar-refractivity contribution is 6.30. The molecule has 1 atom stereocenters. The van der Waals surface area contributed by atoms with Crippen molar-refractivity contribution in [2.75, 3.05) is 0 Å². The Kier molecular flexibility index (Phi) is 3.96. The van der Waals surface area contributed by atoms with Gasteiger partial charge in [0.05, 0.1) is 0 Å². The molecule has 2 nitrogen and oxygen atoms in total. The van der Waals surface area contributed by atoms with Crippen molar-refractivity contribution in [3.8, 4) is 0 Å². The van der Waals surface area contributed by atoms with Gasteiger partial charge in [-0.3, -0.25) is 4.79 Å². The van der Waals surface area contributed by atoms with Gasteiger partial charge in [-0.1, -0.05) is 31.2 Å². The molecular weight excluding hydrogens is 198 g/mol. The normalized spacial score (nSPS) is 12.4. The first-order valence-corrected chi connectivity index (χ1v) is 5.08. The Bertz CT molecular complexity index is 308. The van der Waals surface area contributed by atoms with Gasteiger partial charge in [0.2, 0.25) is 5.91 Å². The van der Waals surface area contributed by atoms with Crippen LogP contribution in [0, 0.1) is 0 Å². The molecule has 0 bridgehead atoms. The molecule has 0 saturated heterocycles. The summed E-state index contributed by atoms with van der Waals surface area (Å²) in [4.78, 5) is 10.7. The number of hydrogen-bond acceptors (Lipinski definition) is 1. The second-order valence-electron chi connectivity index (χ2n) is 3.24. The zero-order valence-electron chi connectivity index (χ0n) is 8.16. The Hall–Kier alpha value is -1.02. The molecule has 1 unspecified atom stereocenters. The summed E-state index contributed by atoms with van der Waals surface area (Å²) >= 11 is 5.75. The Morgan fingerprint density at radius 1 is 1.36 bits per heavy atom. The summed E-state index contributed by atoms with van der Waals surface area (Å²) in [5, 5.41) is -0.609. The number of carbonyl (C=O) groups is 1. The Morgan fingerprint density at radius 2 is 1.86 bits per heavy atom. The predicted octanol–water partition coefficient (Wildman–Crippen LogP) is 1.88. The van der Waals surface area contributed by atoms with E-state index in [-0.39, 0.29) is 0 Å². The minimum absolute atomic E-state index is 0.466. The molecule has 0 aliphatic carbocycles. The molecule has 1 aromatic carbocycles. The van der Waals surface area contributed by atoms with Crippen LogP contribution in [-0.2, 0) is 17.6 Å². The largest absolute Gasteiger partial charge is 0.368 e. The van der Waals surface area contributed by atoms with E-state index in [1.807, 2.05) is 24.3 Å². The van der Waals surface area contributed by atoms with Gasteiger partial charge < -0.3 is 5.73 Å². The fraction of sp³-hybridized carbons (Fsp3) is 0.364. The third kappa shape index (κ3) is 3.04. The number of amides is 1. The zero-order valence-corrected chi connectivity index (χ0v) is 8.92. The van der Waals surface area contributed by atoms with Crippen molar-refractivity contribution in [1.82, 2.24) is 0 Å². The van der Waals surface area contributed by atoms with Crippen LogP contribution < -0.4 is 5.73 Å². The molecule has 1 rings (SSSR count). The van der Waals surface area contributed by atoms with Gasteiger partial charge in [0.1, 0.15) is 5.38 Å². The van der Waals surface area contributed by atoms with E-state index in [4.69, 9.17) is 17.3 Å². The van der Waals surface area contributed by atoms with Crippen molar-refractivity contribution in [2.45, 2.75) is 25.1 Å². The number of alkyl halides is 1. The van der Waals surface area contributed by atoms with Crippen LogP contribution in [-0.4, -0.2) is 11.3 Å². The van der Waals surface area contributed by atoms with E-state index in [9.17, 15) is 4.79 Å². The summed E-state index contributed by atoms with van der Waals surface area (Å²) in [6.07, 6.45) is 1.52. The summed E-state index contributed by atoms with van der Waals surface area (Å²) in [7, 11) is 0. The lowest BCUT2D eigenvalue weighted by atomic mass is 10.1. The van der Waals surface area contributed by atoms with E-state index in [1.54, 1.807) is 0 Å². The molecule has 0 spiro atoms. The van der Waals surface area contributed by atoms with Gasteiger partial charge >= 0.3 is 0 Å². The molecule has 0 radical (unpaired) electrons. The maximum Gasteiger partial charge on any atom is 0.235 e. The van der Waals surface area contributed by atoms with E-state index in [0.29, 0.717) is 6.42 Å². The molecule has 0 aromatic heterocycles. The lowest BCUT2D eigenvalue weighted by molar-refractivity contribution is -0.117. The molecule has 1 aromatic rings. The second-order valence-corrected chi connectivity index (χ2v) is 3.77. The monoisotopic (exact) mass is 211 g/mol. The summed E-state index contributed by atoms with van der Waals surface area (Å²) in [6.45, 7) is 2.10. The number of halogens is 1. The Balaban J connectivity index is 2.64. The molecule has 0 fully saturated rings. The van der Waals surface area contributed by atoms with E-state index >= 15 is 0 Å². The molecule has 0 heterocycles. The molecule has 1 amide bonds. The van der Waals surface area contributed by atoms with Crippen LogP contribution in [0.3, 0.4) is 0 Å². The molecule has 2 N–H and O–H groups in total. The number of hydrogen-bond donors (Lipinski definition) is 1. The third-order valence-electron chi connectivity index (χ3n) is 2.15. The van der Waals surface area contributed by atoms with Crippen LogP contribution in [0.2, 0.25) is 0 Å². The number of benzene rings is 1. The fourth-order valence-corrected chi connectivity index (χ4v) is 1.40. The average Bonchev–Trinajstić information content (AvgIpc) is 2.19. The van der Waals surface area contributed by atoms with E-state index in [0.717, 1.165) is 12.0 Å². The molecule has 0 saturated carbocycles. The molecule has 3 heteroatoms. The summed E-state index contributed by atoms with van der Waals surface area (Å²) in [5.41, 5.74) is 7.39.